The molecule has 0 saturated carbocycles. The summed E-state index contributed by atoms with van der Waals surface area (Å²) in [5.41, 5.74) is -1.60. The van der Waals surface area contributed by atoms with Crippen molar-refractivity contribution in [1.82, 2.24) is 14.9 Å². The summed E-state index contributed by atoms with van der Waals surface area (Å²) in [4.78, 5) is 41.5. The second-order valence-corrected chi connectivity index (χ2v) is 8.74. The quantitative estimate of drug-likeness (QED) is 0.779. The minimum Gasteiger partial charge on any atom is -0.336 e. The fourth-order valence-corrected chi connectivity index (χ4v) is 5.70. The summed E-state index contributed by atoms with van der Waals surface area (Å²) in [5, 5.41) is 1.19. The zero-order valence-electron chi connectivity index (χ0n) is 12.5. The maximum Gasteiger partial charge on any atom is 0.326 e. The Balaban J connectivity index is 1.86. The fourth-order valence-electron chi connectivity index (χ4n) is 2.70. The molecule has 128 valence electrons. The normalized spacial score (nSPS) is 20.5. The van der Waals surface area contributed by atoms with Crippen LogP contribution in [-0.2, 0) is 9.84 Å². The second-order valence-electron chi connectivity index (χ2n) is 5.45. The summed E-state index contributed by atoms with van der Waals surface area (Å²) in [7, 11) is -3.37. The van der Waals surface area contributed by atoms with Crippen molar-refractivity contribution in [2.24, 2.45) is 0 Å². The molecule has 2 aromatic heterocycles. The number of amides is 1. The molecule has 0 aromatic carbocycles. The van der Waals surface area contributed by atoms with E-state index in [1.54, 1.807) is 12.1 Å². The van der Waals surface area contributed by atoms with Crippen LogP contribution >= 0.6 is 11.3 Å². The van der Waals surface area contributed by atoms with Crippen LogP contribution < -0.4 is 11.2 Å². The molecule has 0 spiro atoms. The average Bonchev–Trinajstić information content (AvgIpc) is 2.97. The molecule has 1 fully saturated rings. The van der Waals surface area contributed by atoms with Crippen LogP contribution in [0.3, 0.4) is 0 Å². The summed E-state index contributed by atoms with van der Waals surface area (Å²) < 4.78 is 24.9. The number of aromatic nitrogens is 2. The first-order valence-electron chi connectivity index (χ1n) is 7.25. The molecule has 0 bridgehead atoms. The molecule has 10 heteroatoms. The Bertz CT molecular complexity index is 931. The van der Waals surface area contributed by atoms with Gasteiger partial charge in [0.1, 0.15) is 5.69 Å². The molecule has 1 aliphatic heterocycles. The molecule has 24 heavy (non-hydrogen) atoms. The lowest BCUT2D eigenvalue weighted by molar-refractivity contribution is 0.0760. The van der Waals surface area contributed by atoms with E-state index in [1.165, 1.54) is 16.2 Å². The molecule has 2 aromatic rings. The van der Waals surface area contributed by atoms with Crippen LogP contribution in [0.4, 0.5) is 0 Å². The molecule has 2 N–H and O–H groups in total. The highest BCUT2D eigenvalue weighted by Crippen LogP contribution is 2.32. The van der Waals surface area contributed by atoms with Gasteiger partial charge in [-0.1, -0.05) is 6.07 Å². The number of nitrogens with zero attached hydrogens (tertiary/aromatic N) is 1. The maximum atomic E-state index is 12.5. The summed E-state index contributed by atoms with van der Waals surface area (Å²) in [6.07, 6.45) is 0.280. The molecule has 0 aliphatic carbocycles. The van der Waals surface area contributed by atoms with E-state index in [-0.39, 0.29) is 31.0 Å². The average molecular weight is 369 g/mol. The Hall–Kier alpha value is -2.20. The molecule has 0 radical (unpaired) electrons. The van der Waals surface area contributed by atoms with Gasteiger partial charge in [0.15, 0.2) is 9.84 Å². The third kappa shape index (κ3) is 3.34. The van der Waals surface area contributed by atoms with Gasteiger partial charge in [-0.05, 0) is 17.9 Å². The largest absolute Gasteiger partial charge is 0.336 e. The topological polar surface area (TPSA) is 120 Å². The molecule has 1 aliphatic rings. The number of H-pyrrole nitrogens is 2. The van der Waals surface area contributed by atoms with Gasteiger partial charge in [-0.3, -0.25) is 14.6 Å². The number of hydrogen-bond acceptors (Lipinski definition) is 6. The van der Waals surface area contributed by atoms with Crippen molar-refractivity contribution in [1.29, 1.82) is 0 Å². The minimum absolute atomic E-state index is 0.0257. The molecule has 3 heterocycles. The van der Waals surface area contributed by atoms with E-state index in [4.69, 9.17) is 0 Å². The third-order valence-electron chi connectivity index (χ3n) is 3.88. The lowest BCUT2D eigenvalue weighted by Gasteiger charge is -2.19. The van der Waals surface area contributed by atoms with E-state index in [1.807, 2.05) is 10.4 Å². The highest BCUT2D eigenvalue weighted by Gasteiger charge is 2.33. The lowest BCUT2D eigenvalue weighted by atomic mass is 10.2. The minimum atomic E-state index is -3.37. The van der Waals surface area contributed by atoms with E-state index in [2.05, 4.69) is 4.98 Å². The summed E-state index contributed by atoms with van der Waals surface area (Å²) in [5.74, 6) is -0.713. The van der Waals surface area contributed by atoms with Crippen LogP contribution in [0, 0.1) is 0 Å². The van der Waals surface area contributed by atoms with Crippen molar-refractivity contribution in [3.63, 3.8) is 0 Å². The van der Waals surface area contributed by atoms with E-state index in [0.29, 0.717) is 0 Å². The van der Waals surface area contributed by atoms with Crippen LogP contribution in [0.2, 0.25) is 0 Å². The zero-order valence-corrected chi connectivity index (χ0v) is 14.2. The number of aromatic amines is 2. The number of carbonyl (C=O) groups is 1. The first kappa shape index (κ1) is 16.7. The highest BCUT2D eigenvalue weighted by atomic mass is 32.2. The number of hydrogen-bond donors (Lipinski definition) is 2. The molecule has 1 amide bonds. The van der Waals surface area contributed by atoms with Crippen LogP contribution in [-0.4, -0.2) is 48.0 Å². The van der Waals surface area contributed by atoms with E-state index in [9.17, 15) is 22.8 Å². The fraction of sp³-hybridized carbons (Fsp3) is 0.357. The van der Waals surface area contributed by atoms with E-state index < -0.39 is 32.2 Å². The predicted octanol–water partition coefficient (Wildman–Crippen LogP) is 0.127. The number of nitrogens with one attached hydrogen (secondary N) is 2. The van der Waals surface area contributed by atoms with Gasteiger partial charge in [-0.25, -0.2) is 13.2 Å². The smallest absolute Gasteiger partial charge is 0.326 e. The van der Waals surface area contributed by atoms with Gasteiger partial charge in [0.05, 0.1) is 11.0 Å². The lowest BCUT2D eigenvalue weighted by Crippen LogP contribution is -2.36. The molecule has 1 saturated heterocycles. The van der Waals surface area contributed by atoms with Gasteiger partial charge in [-0.15, -0.1) is 11.3 Å². The van der Waals surface area contributed by atoms with Gasteiger partial charge in [0.25, 0.3) is 11.5 Å². The van der Waals surface area contributed by atoms with E-state index >= 15 is 0 Å². The maximum absolute atomic E-state index is 12.5. The first-order chi connectivity index (χ1) is 11.4. The van der Waals surface area contributed by atoms with Crippen molar-refractivity contribution < 1.29 is 13.2 Å². The van der Waals surface area contributed by atoms with Gasteiger partial charge >= 0.3 is 5.69 Å². The van der Waals surface area contributed by atoms with E-state index in [0.717, 1.165) is 10.9 Å². The van der Waals surface area contributed by atoms with Gasteiger partial charge in [0.2, 0.25) is 0 Å². The van der Waals surface area contributed by atoms with Gasteiger partial charge < -0.3 is 9.88 Å². The molecule has 3 rings (SSSR count). The third-order valence-corrected chi connectivity index (χ3v) is 7.12. The Labute approximate surface area is 141 Å². The zero-order chi connectivity index (χ0) is 17.3. The predicted molar refractivity (Wildman–Crippen MR) is 89.1 cm³/mol. The second kappa shape index (κ2) is 6.36. The van der Waals surface area contributed by atoms with Crippen LogP contribution in [0.15, 0.2) is 33.2 Å². The number of carbonyl (C=O) groups excluding carboxylic acids is 1. The number of sulfone groups is 1. The van der Waals surface area contributed by atoms with Crippen molar-refractivity contribution in [2.45, 2.75) is 11.7 Å². The standard InChI is InChI=1S/C14H15N3O5S2/c18-12-8-9(15-14(20)16-12)13(19)17-4-3-11(10-2-1-6-23-10)24(21,22)7-5-17/h1-2,6,8,11H,3-5,7H2,(H2,15,16,18,20). The van der Waals surface area contributed by atoms with Gasteiger partial charge in [-0.2, -0.15) is 0 Å². The Kier molecular flexibility index (Phi) is 4.41. The van der Waals surface area contributed by atoms with Crippen LogP contribution in [0.1, 0.15) is 27.0 Å². The number of thiophene rings is 1. The molecular formula is C14H15N3O5S2. The highest BCUT2D eigenvalue weighted by molar-refractivity contribution is 7.91. The van der Waals surface area contributed by atoms with Crippen LogP contribution in [0.5, 0.6) is 0 Å². The number of rotatable bonds is 2. The molecule has 1 atom stereocenters. The van der Waals surface area contributed by atoms with Crippen molar-refractivity contribution in [3.8, 4) is 0 Å². The molecule has 1 unspecified atom stereocenters. The Morgan fingerprint density at radius 3 is 2.71 bits per heavy atom. The summed E-state index contributed by atoms with van der Waals surface area (Å²) in [6, 6.07) is 4.57. The molecular weight excluding hydrogens is 354 g/mol. The molecule has 8 nitrogen and oxygen atoms in total. The summed E-state index contributed by atoms with van der Waals surface area (Å²) in [6.45, 7) is 0.257. The summed E-state index contributed by atoms with van der Waals surface area (Å²) >= 11 is 1.38. The van der Waals surface area contributed by atoms with Crippen molar-refractivity contribution in [2.75, 3.05) is 18.8 Å². The Morgan fingerprint density at radius 2 is 2.04 bits per heavy atom. The van der Waals surface area contributed by atoms with Crippen molar-refractivity contribution in [3.05, 3.63) is 55.0 Å². The SMILES string of the molecule is O=C(c1cc(=O)[nH]c(=O)[nH]1)N1CCC(c2cccs2)S(=O)(=O)CC1. The van der Waals surface area contributed by atoms with Gasteiger partial charge in [0, 0.05) is 24.0 Å². The Morgan fingerprint density at radius 1 is 1.25 bits per heavy atom. The van der Waals surface area contributed by atoms with Crippen molar-refractivity contribution >= 4 is 27.1 Å². The van der Waals surface area contributed by atoms with Crippen LogP contribution in [0.25, 0.3) is 0 Å². The first-order valence-corrected chi connectivity index (χ1v) is 9.84. The monoisotopic (exact) mass is 369 g/mol.